The molecule has 0 unspecified atom stereocenters. The summed E-state index contributed by atoms with van der Waals surface area (Å²) in [6, 6.07) is 8.28. The number of aliphatic hydroxyl groups is 1. The van der Waals surface area contributed by atoms with Crippen LogP contribution in [-0.4, -0.2) is 47.8 Å². The molecule has 2 N–H and O–H groups in total. The summed E-state index contributed by atoms with van der Waals surface area (Å²) >= 11 is 0. The van der Waals surface area contributed by atoms with E-state index >= 15 is 0 Å². The maximum atomic E-state index is 12.1. The molecule has 0 aromatic heterocycles. The van der Waals surface area contributed by atoms with Crippen LogP contribution in [0.2, 0.25) is 0 Å². The molecule has 3 rings (SSSR count). The first-order valence-corrected chi connectivity index (χ1v) is 9.06. The summed E-state index contributed by atoms with van der Waals surface area (Å²) < 4.78 is 5.52. The first-order chi connectivity index (χ1) is 11.7. The predicted molar refractivity (Wildman–Crippen MR) is 92.4 cm³/mol. The number of amides is 1. The van der Waals surface area contributed by atoms with Gasteiger partial charge in [0.2, 0.25) is 5.91 Å². The van der Waals surface area contributed by atoms with Gasteiger partial charge in [-0.3, -0.25) is 9.69 Å². The highest BCUT2D eigenvalue weighted by molar-refractivity contribution is 5.76. The van der Waals surface area contributed by atoms with Crippen molar-refractivity contribution in [2.75, 3.05) is 19.7 Å². The third kappa shape index (κ3) is 5.03. The first-order valence-electron chi connectivity index (χ1n) is 9.06. The van der Waals surface area contributed by atoms with Crippen LogP contribution in [0.3, 0.4) is 0 Å². The first kappa shape index (κ1) is 17.4. The number of nitrogens with zero attached hydrogens (tertiary/aromatic N) is 1. The van der Waals surface area contributed by atoms with Crippen molar-refractivity contribution in [3.05, 3.63) is 35.4 Å². The molecule has 1 atom stereocenters. The lowest BCUT2D eigenvalue weighted by molar-refractivity contribution is -0.123. The minimum absolute atomic E-state index is 0.0674. The Morgan fingerprint density at radius 3 is 2.67 bits per heavy atom. The third-order valence-electron chi connectivity index (χ3n) is 4.98. The van der Waals surface area contributed by atoms with Crippen LogP contribution in [0.4, 0.5) is 0 Å². The molecule has 24 heavy (non-hydrogen) atoms. The summed E-state index contributed by atoms with van der Waals surface area (Å²) in [5.74, 6) is 0.0674. The summed E-state index contributed by atoms with van der Waals surface area (Å²) in [6.45, 7) is 4.09. The monoisotopic (exact) mass is 332 g/mol. The van der Waals surface area contributed by atoms with Gasteiger partial charge in [0.1, 0.15) is 0 Å². The zero-order valence-corrected chi connectivity index (χ0v) is 14.2. The van der Waals surface area contributed by atoms with E-state index in [2.05, 4.69) is 22.3 Å². The van der Waals surface area contributed by atoms with Crippen LogP contribution in [0.1, 0.15) is 43.2 Å². The second-order valence-electron chi connectivity index (χ2n) is 6.89. The van der Waals surface area contributed by atoms with Crippen molar-refractivity contribution < 1.29 is 14.6 Å². The molecular weight excluding hydrogens is 304 g/mol. The number of ether oxygens (including phenoxy) is 1. The Labute approximate surface area is 144 Å². The van der Waals surface area contributed by atoms with Gasteiger partial charge < -0.3 is 15.2 Å². The van der Waals surface area contributed by atoms with Gasteiger partial charge in [-0.05, 0) is 36.8 Å². The maximum Gasteiger partial charge on any atom is 0.222 e. The molecule has 1 amide bonds. The number of piperidine rings is 1. The Hall–Kier alpha value is -1.43. The van der Waals surface area contributed by atoms with Gasteiger partial charge >= 0.3 is 0 Å². The van der Waals surface area contributed by atoms with Gasteiger partial charge in [-0.25, -0.2) is 0 Å². The fraction of sp³-hybridized carbons (Fsp3) is 0.632. The zero-order valence-electron chi connectivity index (χ0n) is 14.2. The van der Waals surface area contributed by atoms with E-state index in [1.807, 2.05) is 12.1 Å². The van der Waals surface area contributed by atoms with Crippen molar-refractivity contribution in [2.45, 2.75) is 57.4 Å². The molecule has 2 aliphatic heterocycles. The summed E-state index contributed by atoms with van der Waals surface area (Å²) in [5, 5.41) is 12.7. The topological polar surface area (TPSA) is 61.8 Å². The molecule has 5 nitrogen and oxygen atoms in total. The average molecular weight is 332 g/mol. The quantitative estimate of drug-likeness (QED) is 0.834. The molecule has 0 saturated carbocycles. The molecule has 0 bridgehead atoms. The number of carbonyl (C=O) groups is 1. The van der Waals surface area contributed by atoms with Gasteiger partial charge in [0, 0.05) is 32.8 Å². The molecule has 0 radical (unpaired) electrons. The summed E-state index contributed by atoms with van der Waals surface area (Å²) in [6.07, 6.45) is 4.16. The van der Waals surface area contributed by atoms with Gasteiger partial charge in [-0.15, -0.1) is 0 Å². The number of rotatable bonds is 6. The number of likely N-dealkylation sites (tertiary alicyclic amines) is 1. The van der Waals surface area contributed by atoms with Gasteiger partial charge in [-0.1, -0.05) is 24.3 Å². The highest BCUT2D eigenvalue weighted by atomic mass is 16.5. The molecule has 132 valence electrons. The Morgan fingerprint density at radius 2 is 1.96 bits per heavy atom. The van der Waals surface area contributed by atoms with E-state index < -0.39 is 0 Å². The van der Waals surface area contributed by atoms with Crippen LogP contribution in [0.15, 0.2) is 24.3 Å². The summed E-state index contributed by atoms with van der Waals surface area (Å²) in [7, 11) is 0. The van der Waals surface area contributed by atoms with Crippen LogP contribution in [0.25, 0.3) is 0 Å². The molecule has 2 fully saturated rings. The molecule has 2 heterocycles. The summed E-state index contributed by atoms with van der Waals surface area (Å²) in [5.41, 5.74) is 2.43. The Balaban J connectivity index is 1.50. The van der Waals surface area contributed by atoms with Crippen molar-refractivity contribution in [2.24, 2.45) is 0 Å². The van der Waals surface area contributed by atoms with Gasteiger partial charge in [0.05, 0.1) is 18.6 Å². The number of hydrogen-bond acceptors (Lipinski definition) is 4. The summed E-state index contributed by atoms with van der Waals surface area (Å²) in [4.78, 5) is 14.5. The van der Waals surface area contributed by atoms with E-state index in [-0.39, 0.29) is 18.1 Å². The van der Waals surface area contributed by atoms with Gasteiger partial charge in [0.25, 0.3) is 0 Å². The average Bonchev–Trinajstić information content (AvgIpc) is 3.09. The molecule has 2 saturated heterocycles. The Bertz CT molecular complexity index is 535. The molecule has 1 aromatic rings. The molecular formula is C19H28N2O3. The maximum absolute atomic E-state index is 12.1. The fourth-order valence-electron chi connectivity index (χ4n) is 3.48. The smallest absolute Gasteiger partial charge is 0.222 e. The van der Waals surface area contributed by atoms with Gasteiger partial charge in [0.15, 0.2) is 0 Å². The lowest BCUT2D eigenvalue weighted by atomic mass is 10.0. The molecule has 0 aliphatic carbocycles. The number of benzene rings is 1. The van der Waals surface area contributed by atoms with E-state index in [0.717, 1.165) is 51.9 Å². The normalized spacial score (nSPS) is 22.6. The second-order valence-corrected chi connectivity index (χ2v) is 6.89. The standard InChI is InChI=1S/C19H28N2O3/c22-17-7-9-21(10-8-17)14-16-5-2-1-4-15(16)13-20-19(23)12-18-6-3-11-24-18/h1-2,4-5,17-18,22H,3,6-14H2,(H,20,23)/t18-/m0/s1. The van der Waals surface area contributed by atoms with E-state index in [4.69, 9.17) is 4.74 Å². The van der Waals surface area contributed by atoms with E-state index in [9.17, 15) is 9.90 Å². The number of nitrogens with one attached hydrogen (secondary N) is 1. The SMILES string of the molecule is O=C(C[C@@H]1CCCO1)NCc1ccccc1CN1CCC(O)CC1. The number of carbonyl (C=O) groups excluding carboxylic acids is 1. The molecule has 2 aliphatic rings. The highest BCUT2D eigenvalue weighted by Gasteiger charge is 2.20. The zero-order chi connectivity index (χ0) is 16.8. The van der Waals surface area contributed by atoms with E-state index in [0.29, 0.717) is 13.0 Å². The minimum atomic E-state index is -0.145. The van der Waals surface area contributed by atoms with Crippen molar-refractivity contribution in [3.8, 4) is 0 Å². The highest BCUT2D eigenvalue weighted by Crippen LogP contribution is 2.17. The van der Waals surface area contributed by atoms with E-state index in [1.165, 1.54) is 11.1 Å². The number of aliphatic hydroxyl groups excluding tert-OH is 1. The van der Waals surface area contributed by atoms with Crippen LogP contribution < -0.4 is 5.32 Å². The predicted octanol–water partition coefficient (Wildman–Crippen LogP) is 1.83. The van der Waals surface area contributed by atoms with Crippen molar-refractivity contribution in [1.82, 2.24) is 10.2 Å². The van der Waals surface area contributed by atoms with Gasteiger partial charge in [-0.2, -0.15) is 0 Å². The molecule has 0 spiro atoms. The fourth-order valence-corrected chi connectivity index (χ4v) is 3.48. The van der Waals surface area contributed by atoms with Crippen LogP contribution in [0.5, 0.6) is 0 Å². The Morgan fingerprint density at radius 1 is 1.21 bits per heavy atom. The lowest BCUT2D eigenvalue weighted by Crippen LogP contribution is -2.35. The van der Waals surface area contributed by atoms with Crippen LogP contribution >= 0.6 is 0 Å². The largest absolute Gasteiger partial charge is 0.393 e. The van der Waals surface area contributed by atoms with Crippen molar-refractivity contribution in [1.29, 1.82) is 0 Å². The van der Waals surface area contributed by atoms with Crippen molar-refractivity contribution in [3.63, 3.8) is 0 Å². The molecule has 1 aromatic carbocycles. The second kappa shape index (κ2) is 8.60. The molecule has 5 heteroatoms. The minimum Gasteiger partial charge on any atom is -0.393 e. The van der Waals surface area contributed by atoms with Crippen LogP contribution in [0, 0.1) is 0 Å². The Kier molecular flexibility index (Phi) is 6.24. The van der Waals surface area contributed by atoms with Crippen molar-refractivity contribution >= 4 is 5.91 Å². The third-order valence-corrected chi connectivity index (χ3v) is 4.98. The lowest BCUT2D eigenvalue weighted by Gasteiger charge is -2.30. The van der Waals surface area contributed by atoms with Crippen LogP contribution in [-0.2, 0) is 22.6 Å². The number of hydrogen-bond donors (Lipinski definition) is 2. The van der Waals surface area contributed by atoms with E-state index in [1.54, 1.807) is 0 Å².